The first-order valence-corrected chi connectivity index (χ1v) is 15.6. The predicted molar refractivity (Wildman–Crippen MR) is 153 cm³/mol. The molecular weight excluding hydrogens is 569 g/mol. The monoisotopic (exact) mass is 596 g/mol. The van der Waals surface area contributed by atoms with Crippen LogP contribution in [-0.4, -0.2) is 69.1 Å². The number of carbonyl (C=O) groups is 2. The number of hydrogen-bond acceptors (Lipinski definition) is 12. The molecule has 4 N–H and O–H groups in total. The molecule has 0 saturated carbocycles. The lowest BCUT2D eigenvalue weighted by atomic mass is 10.2. The Bertz CT molecular complexity index is 1230. The molecule has 38 heavy (non-hydrogen) atoms. The normalized spacial score (nSPS) is 12.6. The number of nitrogens with zero attached hydrogens (tertiary/aromatic N) is 3. The topological polar surface area (TPSA) is 159 Å². The molecule has 0 saturated heterocycles. The van der Waals surface area contributed by atoms with E-state index in [4.69, 9.17) is 0 Å². The number of amides is 2. The minimum Gasteiger partial charge on any atom is -0.391 e. The molecule has 0 radical (unpaired) electrons. The number of thiazole rings is 2. The van der Waals surface area contributed by atoms with Crippen LogP contribution in [0.3, 0.4) is 0 Å². The zero-order chi connectivity index (χ0) is 27.5. The van der Waals surface area contributed by atoms with Gasteiger partial charge in [0.1, 0.15) is 27.3 Å². The average molecular weight is 597 g/mol. The van der Waals surface area contributed by atoms with Crippen molar-refractivity contribution in [3.05, 3.63) is 55.8 Å². The molecule has 0 spiro atoms. The van der Waals surface area contributed by atoms with Gasteiger partial charge in [-0.1, -0.05) is 12.1 Å². The largest absolute Gasteiger partial charge is 0.391 e. The van der Waals surface area contributed by atoms with E-state index in [1.54, 1.807) is 35.3 Å². The molecule has 2 heterocycles. The number of nitro benzene ring substituents is 1. The van der Waals surface area contributed by atoms with Crippen molar-refractivity contribution in [1.82, 2.24) is 25.3 Å². The Kier molecular flexibility index (Phi) is 11.9. The molecule has 204 valence electrons. The molecule has 2 atom stereocenters. The molecule has 0 aliphatic carbocycles. The highest BCUT2D eigenvalue weighted by Gasteiger charge is 2.25. The van der Waals surface area contributed by atoms with Crippen molar-refractivity contribution >= 4 is 63.9 Å². The van der Waals surface area contributed by atoms with Crippen molar-refractivity contribution < 1.29 is 19.6 Å². The highest BCUT2D eigenvalue weighted by Crippen LogP contribution is 2.27. The number of thioether (sulfide) groups is 1. The van der Waals surface area contributed by atoms with Gasteiger partial charge in [-0.25, -0.2) is 14.7 Å². The first kappa shape index (κ1) is 30.0. The summed E-state index contributed by atoms with van der Waals surface area (Å²) in [5, 5.41) is 31.9. The summed E-state index contributed by atoms with van der Waals surface area (Å²) in [5.41, 5.74) is 0.951. The third kappa shape index (κ3) is 8.74. The zero-order valence-electron chi connectivity index (χ0n) is 20.7. The van der Waals surface area contributed by atoms with Gasteiger partial charge in [-0.15, -0.1) is 22.7 Å². The van der Waals surface area contributed by atoms with E-state index in [2.05, 4.69) is 25.3 Å². The van der Waals surface area contributed by atoms with Crippen LogP contribution in [0.15, 0.2) is 39.9 Å². The third-order valence-corrected chi connectivity index (χ3v) is 8.49. The molecule has 0 bridgehead atoms. The van der Waals surface area contributed by atoms with Gasteiger partial charge in [0.05, 0.1) is 16.0 Å². The number of para-hydroxylation sites is 1. The standard InChI is InChI=1S/C23H28N6O5S4/c1-14(30)20(28-38-18-7-4-3-6-17(18)29(33)34)22(32)25-10-8-19-26-16(13-36-19)23-27-15(12-37-23)21(31)24-9-5-11-35-2/h3-4,6-7,12-14,20,28,30H,5,8-11H2,1-2H3,(H,24,31)(H,25,32)/t14-,20+/m0/s1. The van der Waals surface area contributed by atoms with Crippen LogP contribution in [0.1, 0.15) is 28.8 Å². The van der Waals surface area contributed by atoms with E-state index in [0.717, 1.165) is 29.1 Å². The molecular formula is C23H28N6O5S4. The van der Waals surface area contributed by atoms with Crippen LogP contribution >= 0.6 is 46.4 Å². The molecule has 3 aromatic rings. The van der Waals surface area contributed by atoms with Gasteiger partial charge in [0, 0.05) is 36.3 Å². The number of aliphatic hydroxyl groups is 1. The van der Waals surface area contributed by atoms with Crippen LogP contribution in [0, 0.1) is 10.1 Å². The quantitative estimate of drug-likeness (QED) is 0.0887. The Balaban J connectivity index is 1.49. The molecule has 0 unspecified atom stereocenters. The Morgan fingerprint density at radius 3 is 2.68 bits per heavy atom. The Morgan fingerprint density at radius 1 is 1.16 bits per heavy atom. The van der Waals surface area contributed by atoms with Crippen LogP contribution in [0.25, 0.3) is 10.7 Å². The Hall–Kier alpha value is -2.56. The van der Waals surface area contributed by atoms with Crippen molar-refractivity contribution in [1.29, 1.82) is 0 Å². The van der Waals surface area contributed by atoms with Crippen molar-refractivity contribution in [2.45, 2.75) is 36.8 Å². The average Bonchev–Trinajstić information content (AvgIpc) is 3.57. The van der Waals surface area contributed by atoms with Crippen molar-refractivity contribution in [2.75, 3.05) is 25.1 Å². The van der Waals surface area contributed by atoms with Crippen LogP contribution in [0.2, 0.25) is 0 Å². The second-order valence-electron chi connectivity index (χ2n) is 7.97. The van der Waals surface area contributed by atoms with Gasteiger partial charge in [0.25, 0.3) is 11.6 Å². The Labute approximate surface area is 236 Å². The number of carbonyl (C=O) groups excluding carboxylic acids is 2. The Morgan fingerprint density at radius 2 is 1.95 bits per heavy atom. The summed E-state index contributed by atoms with van der Waals surface area (Å²) in [7, 11) is 0. The van der Waals surface area contributed by atoms with E-state index in [-0.39, 0.29) is 18.1 Å². The molecule has 3 rings (SSSR count). The highest BCUT2D eigenvalue weighted by atomic mass is 32.2. The maximum Gasteiger partial charge on any atom is 0.284 e. The van der Waals surface area contributed by atoms with E-state index in [0.29, 0.717) is 34.3 Å². The van der Waals surface area contributed by atoms with E-state index in [1.807, 2.05) is 11.6 Å². The van der Waals surface area contributed by atoms with Crippen LogP contribution in [-0.2, 0) is 11.2 Å². The fourth-order valence-corrected chi connectivity index (χ4v) is 6.13. The summed E-state index contributed by atoms with van der Waals surface area (Å²) in [6.45, 7) is 2.36. The predicted octanol–water partition coefficient (Wildman–Crippen LogP) is 3.36. The minimum atomic E-state index is -1.03. The number of hydrogen-bond donors (Lipinski definition) is 4. The van der Waals surface area contributed by atoms with Crippen LogP contribution in [0.4, 0.5) is 5.69 Å². The molecule has 11 nitrogen and oxygen atoms in total. The van der Waals surface area contributed by atoms with Gasteiger partial charge in [0.15, 0.2) is 0 Å². The molecule has 15 heteroatoms. The first-order chi connectivity index (χ1) is 18.3. The summed E-state index contributed by atoms with van der Waals surface area (Å²) in [6, 6.07) is 5.18. The third-order valence-electron chi connectivity index (χ3n) is 5.08. The molecule has 0 aliphatic heterocycles. The number of benzene rings is 1. The van der Waals surface area contributed by atoms with Gasteiger partial charge in [-0.3, -0.25) is 19.7 Å². The lowest BCUT2D eigenvalue weighted by molar-refractivity contribution is -0.387. The summed E-state index contributed by atoms with van der Waals surface area (Å²) in [5.74, 6) is 0.349. The molecule has 0 fully saturated rings. The fourth-order valence-electron chi connectivity index (χ4n) is 3.12. The van der Waals surface area contributed by atoms with Crippen LogP contribution < -0.4 is 15.4 Å². The van der Waals surface area contributed by atoms with E-state index in [9.17, 15) is 24.8 Å². The van der Waals surface area contributed by atoms with E-state index >= 15 is 0 Å². The molecule has 2 aromatic heterocycles. The zero-order valence-corrected chi connectivity index (χ0v) is 24.0. The van der Waals surface area contributed by atoms with Crippen molar-refractivity contribution in [2.24, 2.45) is 0 Å². The van der Waals surface area contributed by atoms with Crippen LogP contribution in [0.5, 0.6) is 0 Å². The number of aliphatic hydroxyl groups excluding tert-OH is 1. The second kappa shape index (κ2) is 15.1. The van der Waals surface area contributed by atoms with E-state index in [1.165, 1.54) is 35.7 Å². The SMILES string of the molecule is CSCCCNC(=O)c1csc(-c2csc(CCNC(=O)[C@H](NSc3ccccc3[N+](=O)[O-])[C@H](C)O)n2)n1. The van der Waals surface area contributed by atoms with Gasteiger partial charge >= 0.3 is 0 Å². The van der Waals surface area contributed by atoms with Crippen molar-refractivity contribution in [3.8, 4) is 10.7 Å². The maximum absolute atomic E-state index is 12.7. The molecule has 0 aliphatic rings. The van der Waals surface area contributed by atoms with Gasteiger partial charge in [-0.2, -0.15) is 11.8 Å². The summed E-state index contributed by atoms with van der Waals surface area (Å²) in [6.07, 6.45) is 2.36. The number of nitro groups is 1. The second-order valence-corrected chi connectivity index (χ2v) is 11.6. The number of nitrogens with one attached hydrogen (secondary N) is 3. The van der Waals surface area contributed by atoms with E-state index < -0.39 is 23.0 Å². The number of rotatable bonds is 15. The van der Waals surface area contributed by atoms with Gasteiger partial charge in [-0.05, 0) is 43.4 Å². The lowest BCUT2D eigenvalue weighted by Gasteiger charge is -2.20. The molecule has 2 amide bonds. The number of aromatic nitrogens is 2. The lowest BCUT2D eigenvalue weighted by Crippen LogP contribution is -2.48. The minimum absolute atomic E-state index is 0.0894. The van der Waals surface area contributed by atoms with Gasteiger partial charge < -0.3 is 15.7 Å². The summed E-state index contributed by atoms with van der Waals surface area (Å²) < 4.78 is 2.83. The first-order valence-electron chi connectivity index (χ1n) is 11.6. The smallest absolute Gasteiger partial charge is 0.284 e. The highest BCUT2D eigenvalue weighted by molar-refractivity contribution is 7.98. The van der Waals surface area contributed by atoms with Crippen molar-refractivity contribution in [3.63, 3.8) is 0 Å². The maximum atomic E-state index is 12.7. The summed E-state index contributed by atoms with van der Waals surface area (Å²) in [4.78, 5) is 44.9. The summed E-state index contributed by atoms with van der Waals surface area (Å²) >= 11 is 5.43. The fraction of sp³-hybridized carbons (Fsp3) is 0.391. The molecule has 1 aromatic carbocycles. The van der Waals surface area contributed by atoms with Gasteiger partial charge in [0.2, 0.25) is 5.91 Å².